The van der Waals surface area contributed by atoms with E-state index >= 15 is 0 Å². The van der Waals surface area contributed by atoms with E-state index in [4.69, 9.17) is 0 Å². The van der Waals surface area contributed by atoms with Crippen LogP contribution >= 0.6 is 0 Å². The highest BCUT2D eigenvalue weighted by Gasteiger charge is 2.33. The molecule has 1 saturated heterocycles. The lowest BCUT2D eigenvalue weighted by molar-refractivity contribution is 0.320. The van der Waals surface area contributed by atoms with Gasteiger partial charge in [0.1, 0.15) is 4.90 Å². The molecule has 7 nitrogen and oxygen atoms in total. The summed E-state index contributed by atoms with van der Waals surface area (Å²) in [5.74, 6) is 0. The molecule has 1 aliphatic rings. The number of nitrogens with zero attached hydrogens (tertiary/aromatic N) is 4. The Morgan fingerprint density at radius 3 is 2.35 bits per heavy atom. The molecule has 2 rings (SSSR count). The summed E-state index contributed by atoms with van der Waals surface area (Å²) in [6.07, 6.45) is 2.63. The van der Waals surface area contributed by atoms with Crippen LogP contribution in [-0.2, 0) is 21.9 Å². The molecule has 0 amide bonds. The van der Waals surface area contributed by atoms with Gasteiger partial charge in [-0.2, -0.15) is 9.40 Å². The van der Waals surface area contributed by atoms with Gasteiger partial charge in [0.2, 0.25) is 16.1 Å². The zero-order valence-corrected chi connectivity index (χ0v) is 12.6. The number of piperidine rings is 1. The van der Waals surface area contributed by atoms with Crippen molar-refractivity contribution < 1.29 is 13.2 Å². The fourth-order valence-electron chi connectivity index (χ4n) is 2.54. The van der Waals surface area contributed by atoms with E-state index in [9.17, 15) is 13.2 Å². The summed E-state index contributed by atoms with van der Waals surface area (Å²) in [4.78, 5) is 14.2. The lowest BCUT2D eigenvalue weighted by Crippen LogP contribution is -2.40. The first-order valence-electron chi connectivity index (χ1n) is 6.45. The first-order valence-corrected chi connectivity index (χ1v) is 7.89. The van der Waals surface area contributed by atoms with Gasteiger partial charge in [0.05, 0.1) is 17.4 Å². The van der Waals surface area contributed by atoms with E-state index < -0.39 is 10.0 Å². The Morgan fingerprint density at radius 1 is 1.30 bits per heavy atom. The molecule has 0 bridgehead atoms. The first kappa shape index (κ1) is 14.9. The standard InChI is InChI=1S/C12H18N4O3S/c1-9-12(10(2)15(3)14-9)20(18,19)16-6-4-11(5-7-16)13-8-17/h11H,4-7H2,1-3H3. The second-order valence-electron chi connectivity index (χ2n) is 4.98. The van der Waals surface area contributed by atoms with Crippen LogP contribution in [-0.4, -0.2) is 47.7 Å². The molecule has 0 radical (unpaired) electrons. The Kier molecular flexibility index (Phi) is 4.08. The maximum absolute atomic E-state index is 12.7. The summed E-state index contributed by atoms with van der Waals surface area (Å²) >= 11 is 0. The molecule has 1 fully saturated rings. The van der Waals surface area contributed by atoms with Crippen LogP contribution in [0.25, 0.3) is 0 Å². The van der Waals surface area contributed by atoms with Gasteiger partial charge in [-0.25, -0.2) is 18.2 Å². The minimum absolute atomic E-state index is 0.116. The van der Waals surface area contributed by atoms with Gasteiger partial charge in [-0.05, 0) is 26.7 Å². The number of hydrogen-bond acceptors (Lipinski definition) is 5. The number of aliphatic imine (C=N–C) groups is 1. The topological polar surface area (TPSA) is 84.6 Å². The Balaban J connectivity index is 2.26. The van der Waals surface area contributed by atoms with Crippen molar-refractivity contribution in [2.45, 2.75) is 37.6 Å². The molecule has 0 aliphatic carbocycles. The lowest BCUT2D eigenvalue weighted by Gasteiger charge is -2.28. The second-order valence-corrected chi connectivity index (χ2v) is 6.85. The van der Waals surface area contributed by atoms with Gasteiger partial charge >= 0.3 is 0 Å². The quantitative estimate of drug-likeness (QED) is 0.601. The fourth-order valence-corrected chi connectivity index (χ4v) is 4.41. The number of aromatic nitrogens is 2. The molecule has 1 aromatic heterocycles. The number of carbonyl (C=O) groups excluding carboxylic acids is 1. The molecule has 0 unspecified atom stereocenters. The monoisotopic (exact) mass is 298 g/mol. The lowest BCUT2D eigenvalue weighted by atomic mass is 10.1. The number of sulfonamides is 1. The van der Waals surface area contributed by atoms with Crippen molar-refractivity contribution in [3.8, 4) is 0 Å². The molecule has 2 heterocycles. The van der Waals surface area contributed by atoms with Crippen LogP contribution in [0.3, 0.4) is 0 Å². The highest BCUT2D eigenvalue weighted by molar-refractivity contribution is 7.89. The zero-order valence-electron chi connectivity index (χ0n) is 11.8. The van der Waals surface area contributed by atoms with E-state index in [0.717, 1.165) is 0 Å². The predicted octanol–water partition coefficient (Wildman–Crippen LogP) is 0.526. The fraction of sp³-hybridized carbons (Fsp3) is 0.667. The van der Waals surface area contributed by atoms with E-state index in [1.807, 2.05) is 0 Å². The smallest absolute Gasteiger partial charge is 0.246 e. The molecule has 8 heteroatoms. The third-order valence-electron chi connectivity index (χ3n) is 3.70. The van der Waals surface area contributed by atoms with Crippen molar-refractivity contribution in [3.63, 3.8) is 0 Å². The number of rotatable bonds is 3. The van der Waals surface area contributed by atoms with Crippen LogP contribution in [0.1, 0.15) is 24.2 Å². The third kappa shape index (κ3) is 2.54. The molecule has 0 saturated carbocycles. The van der Waals surface area contributed by atoms with E-state index in [0.29, 0.717) is 37.3 Å². The predicted molar refractivity (Wildman–Crippen MR) is 72.6 cm³/mol. The van der Waals surface area contributed by atoms with Gasteiger partial charge in [-0.3, -0.25) is 4.68 Å². The average molecular weight is 298 g/mol. The molecule has 0 N–H and O–H groups in total. The Hall–Kier alpha value is -1.50. The number of hydrogen-bond donors (Lipinski definition) is 0. The molecular weight excluding hydrogens is 280 g/mol. The van der Waals surface area contributed by atoms with Crippen molar-refractivity contribution in [1.29, 1.82) is 0 Å². The molecule has 1 aliphatic heterocycles. The van der Waals surface area contributed by atoms with Crippen LogP contribution in [0.2, 0.25) is 0 Å². The highest BCUT2D eigenvalue weighted by atomic mass is 32.2. The molecule has 20 heavy (non-hydrogen) atoms. The number of isocyanates is 1. The van der Waals surface area contributed by atoms with Crippen molar-refractivity contribution in [1.82, 2.24) is 14.1 Å². The summed E-state index contributed by atoms with van der Waals surface area (Å²) in [6.45, 7) is 4.18. The Bertz CT molecular complexity index is 650. The van der Waals surface area contributed by atoms with E-state index in [1.165, 1.54) is 10.4 Å². The van der Waals surface area contributed by atoms with Gasteiger partial charge in [0, 0.05) is 20.1 Å². The van der Waals surface area contributed by atoms with Crippen LogP contribution in [0.15, 0.2) is 9.89 Å². The summed E-state index contributed by atoms with van der Waals surface area (Å²) in [5.41, 5.74) is 1.15. The van der Waals surface area contributed by atoms with Crippen LogP contribution < -0.4 is 0 Å². The molecule has 0 aromatic carbocycles. The van der Waals surface area contributed by atoms with Crippen LogP contribution in [0.4, 0.5) is 0 Å². The minimum atomic E-state index is -3.53. The van der Waals surface area contributed by atoms with Gasteiger partial charge in [-0.15, -0.1) is 0 Å². The average Bonchev–Trinajstić information content (AvgIpc) is 2.64. The van der Waals surface area contributed by atoms with E-state index in [1.54, 1.807) is 25.6 Å². The second kappa shape index (κ2) is 5.47. The molecule has 0 atom stereocenters. The van der Waals surface area contributed by atoms with Crippen LogP contribution in [0.5, 0.6) is 0 Å². The van der Waals surface area contributed by atoms with Crippen molar-refractivity contribution in [2.75, 3.05) is 13.1 Å². The number of aryl methyl sites for hydroxylation is 2. The summed E-state index contributed by atoms with van der Waals surface area (Å²) < 4.78 is 28.4. The van der Waals surface area contributed by atoms with Crippen molar-refractivity contribution >= 4 is 16.1 Å². The summed E-state index contributed by atoms with van der Waals surface area (Å²) in [6, 6.07) is -0.116. The molecular formula is C12H18N4O3S. The summed E-state index contributed by atoms with van der Waals surface area (Å²) in [5, 5.41) is 4.16. The molecule has 110 valence electrons. The van der Waals surface area contributed by atoms with Gasteiger partial charge in [0.25, 0.3) is 0 Å². The van der Waals surface area contributed by atoms with Gasteiger partial charge in [0.15, 0.2) is 0 Å². The highest BCUT2D eigenvalue weighted by Crippen LogP contribution is 2.26. The largest absolute Gasteiger partial charge is 0.271 e. The Labute approximate surface area is 118 Å². The van der Waals surface area contributed by atoms with Crippen molar-refractivity contribution in [3.05, 3.63) is 11.4 Å². The Morgan fingerprint density at radius 2 is 1.90 bits per heavy atom. The maximum Gasteiger partial charge on any atom is 0.246 e. The minimum Gasteiger partial charge on any atom is -0.271 e. The normalized spacial score (nSPS) is 17.9. The van der Waals surface area contributed by atoms with Gasteiger partial charge < -0.3 is 0 Å². The molecule has 0 spiro atoms. The SMILES string of the molecule is Cc1nn(C)c(C)c1S(=O)(=O)N1CCC(N=C=O)CC1. The van der Waals surface area contributed by atoms with Crippen molar-refractivity contribution in [2.24, 2.45) is 12.0 Å². The molecule has 1 aromatic rings. The first-order chi connectivity index (χ1) is 9.37. The zero-order chi connectivity index (χ0) is 14.9. The maximum atomic E-state index is 12.7. The summed E-state index contributed by atoms with van der Waals surface area (Å²) in [7, 11) is -1.80. The van der Waals surface area contributed by atoms with Gasteiger partial charge in [-0.1, -0.05) is 0 Å². The van der Waals surface area contributed by atoms with E-state index in [2.05, 4.69) is 10.1 Å². The van der Waals surface area contributed by atoms with E-state index in [-0.39, 0.29) is 10.9 Å². The van der Waals surface area contributed by atoms with Crippen LogP contribution in [0, 0.1) is 13.8 Å². The third-order valence-corrected chi connectivity index (χ3v) is 5.85.